The molecule has 3 heterocycles. The van der Waals surface area contributed by atoms with Gasteiger partial charge < -0.3 is 15.0 Å². The first kappa shape index (κ1) is 14.4. The average Bonchev–Trinajstić information content (AvgIpc) is 2.77. The molecule has 1 aliphatic rings. The van der Waals surface area contributed by atoms with Crippen LogP contribution in [-0.4, -0.2) is 28.0 Å². The van der Waals surface area contributed by atoms with Crippen molar-refractivity contribution in [3.63, 3.8) is 0 Å². The second kappa shape index (κ2) is 5.68. The summed E-state index contributed by atoms with van der Waals surface area (Å²) >= 11 is 0. The molecule has 2 aromatic rings. The largest absolute Gasteiger partial charge is 0.352 e. The van der Waals surface area contributed by atoms with E-state index in [4.69, 9.17) is 10.7 Å². The van der Waals surface area contributed by atoms with Gasteiger partial charge in [-0.15, -0.1) is 0 Å². The van der Waals surface area contributed by atoms with Crippen LogP contribution < -0.4 is 10.6 Å². The SMILES string of the molecule is CC(N)Cc1c(N2CCC(C)CC2C)nc2ccccn12. The van der Waals surface area contributed by atoms with Gasteiger partial charge in [0.2, 0.25) is 0 Å². The molecule has 0 aliphatic carbocycles. The molecule has 0 aromatic carbocycles. The molecule has 3 unspecified atom stereocenters. The Bertz CT molecular complexity index is 616. The van der Waals surface area contributed by atoms with Gasteiger partial charge in [0.1, 0.15) is 5.65 Å². The summed E-state index contributed by atoms with van der Waals surface area (Å²) in [5.41, 5.74) is 8.34. The minimum atomic E-state index is 0.142. The molecule has 1 fully saturated rings. The highest BCUT2D eigenvalue weighted by Crippen LogP contribution is 2.30. The van der Waals surface area contributed by atoms with Gasteiger partial charge in [0, 0.05) is 31.2 Å². The molecule has 2 N–H and O–H groups in total. The van der Waals surface area contributed by atoms with E-state index in [0.717, 1.165) is 30.3 Å². The Morgan fingerprint density at radius 3 is 2.90 bits per heavy atom. The minimum absolute atomic E-state index is 0.142. The van der Waals surface area contributed by atoms with Crippen LogP contribution in [-0.2, 0) is 6.42 Å². The monoisotopic (exact) mass is 286 g/mol. The molecule has 2 aromatic heterocycles. The van der Waals surface area contributed by atoms with Crippen molar-refractivity contribution in [1.29, 1.82) is 0 Å². The number of nitrogens with zero attached hydrogens (tertiary/aromatic N) is 3. The van der Waals surface area contributed by atoms with E-state index in [1.54, 1.807) is 0 Å². The standard InChI is InChI=1S/C17H26N4/c1-12-7-9-20(14(3)10-12)17-15(11-13(2)18)21-8-5-4-6-16(21)19-17/h4-6,8,12-14H,7,9-11,18H2,1-3H3. The third kappa shape index (κ3) is 2.77. The maximum absolute atomic E-state index is 6.07. The summed E-state index contributed by atoms with van der Waals surface area (Å²) < 4.78 is 2.20. The van der Waals surface area contributed by atoms with Crippen LogP contribution in [0.15, 0.2) is 24.4 Å². The van der Waals surface area contributed by atoms with Crippen molar-refractivity contribution in [2.24, 2.45) is 11.7 Å². The molecule has 3 atom stereocenters. The van der Waals surface area contributed by atoms with Gasteiger partial charge >= 0.3 is 0 Å². The highest BCUT2D eigenvalue weighted by atomic mass is 15.3. The minimum Gasteiger partial charge on any atom is -0.352 e. The highest BCUT2D eigenvalue weighted by molar-refractivity contribution is 5.57. The van der Waals surface area contributed by atoms with E-state index in [1.807, 2.05) is 6.07 Å². The Balaban J connectivity index is 2.04. The molecule has 0 bridgehead atoms. The molecule has 4 nitrogen and oxygen atoms in total. The zero-order valence-electron chi connectivity index (χ0n) is 13.3. The molecule has 1 aliphatic heterocycles. The lowest BCUT2D eigenvalue weighted by Crippen LogP contribution is -2.41. The van der Waals surface area contributed by atoms with Crippen molar-refractivity contribution in [2.45, 2.75) is 52.1 Å². The fourth-order valence-electron chi connectivity index (χ4n) is 3.48. The summed E-state index contributed by atoms with van der Waals surface area (Å²) in [6, 6.07) is 6.87. The normalized spacial score (nSPS) is 24.5. The number of hydrogen-bond acceptors (Lipinski definition) is 3. The molecule has 114 valence electrons. The highest BCUT2D eigenvalue weighted by Gasteiger charge is 2.27. The van der Waals surface area contributed by atoms with Crippen LogP contribution in [0.2, 0.25) is 0 Å². The first-order valence-electron chi connectivity index (χ1n) is 8.04. The van der Waals surface area contributed by atoms with Crippen LogP contribution in [0, 0.1) is 5.92 Å². The first-order valence-corrected chi connectivity index (χ1v) is 8.04. The van der Waals surface area contributed by atoms with Crippen molar-refractivity contribution in [3.8, 4) is 0 Å². The van der Waals surface area contributed by atoms with E-state index in [9.17, 15) is 0 Å². The Kier molecular flexibility index (Phi) is 3.89. The number of nitrogens with two attached hydrogens (primary N) is 1. The third-order valence-corrected chi connectivity index (χ3v) is 4.53. The van der Waals surface area contributed by atoms with E-state index in [2.05, 4.69) is 48.4 Å². The van der Waals surface area contributed by atoms with Crippen molar-refractivity contribution < 1.29 is 0 Å². The number of rotatable bonds is 3. The molecule has 0 amide bonds. The third-order valence-electron chi connectivity index (χ3n) is 4.53. The van der Waals surface area contributed by atoms with Crippen molar-refractivity contribution in [1.82, 2.24) is 9.38 Å². The Labute approximate surface area is 127 Å². The van der Waals surface area contributed by atoms with Gasteiger partial charge in [0.15, 0.2) is 5.82 Å². The smallest absolute Gasteiger partial charge is 0.151 e. The van der Waals surface area contributed by atoms with Crippen molar-refractivity contribution in [3.05, 3.63) is 30.1 Å². The molecule has 3 rings (SSSR count). The fraction of sp³-hybridized carbons (Fsp3) is 0.588. The van der Waals surface area contributed by atoms with Gasteiger partial charge in [-0.3, -0.25) is 0 Å². The summed E-state index contributed by atoms with van der Waals surface area (Å²) in [5, 5.41) is 0. The number of imidazole rings is 1. The second-order valence-electron chi connectivity index (χ2n) is 6.66. The number of aromatic nitrogens is 2. The molecule has 1 saturated heterocycles. The summed E-state index contributed by atoms with van der Waals surface area (Å²) in [6.45, 7) is 7.82. The van der Waals surface area contributed by atoms with E-state index >= 15 is 0 Å². The van der Waals surface area contributed by atoms with E-state index in [1.165, 1.54) is 18.5 Å². The number of hydrogen-bond donors (Lipinski definition) is 1. The lowest BCUT2D eigenvalue weighted by molar-refractivity contribution is 0.375. The van der Waals surface area contributed by atoms with Crippen LogP contribution in [0.3, 0.4) is 0 Å². The molecule has 0 spiro atoms. The van der Waals surface area contributed by atoms with Gasteiger partial charge in [-0.25, -0.2) is 4.98 Å². The predicted octanol–water partition coefficient (Wildman–Crippen LogP) is 2.85. The van der Waals surface area contributed by atoms with Crippen LogP contribution in [0.1, 0.15) is 39.3 Å². The van der Waals surface area contributed by atoms with Crippen LogP contribution in [0.4, 0.5) is 5.82 Å². The zero-order chi connectivity index (χ0) is 15.0. The predicted molar refractivity (Wildman–Crippen MR) is 87.8 cm³/mol. The lowest BCUT2D eigenvalue weighted by atomic mass is 9.93. The van der Waals surface area contributed by atoms with E-state index < -0.39 is 0 Å². The van der Waals surface area contributed by atoms with Crippen LogP contribution in [0.25, 0.3) is 5.65 Å². The Morgan fingerprint density at radius 2 is 2.19 bits per heavy atom. The Hall–Kier alpha value is -1.55. The molecule has 21 heavy (non-hydrogen) atoms. The van der Waals surface area contributed by atoms with Gasteiger partial charge in [-0.1, -0.05) is 13.0 Å². The van der Waals surface area contributed by atoms with Gasteiger partial charge in [0.25, 0.3) is 0 Å². The quantitative estimate of drug-likeness (QED) is 0.943. The molecular formula is C17H26N4. The topological polar surface area (TPSA) is 46.6 Å². The van der Waals surface area contributed by atoms with Gasteiger partial charge in [-0.2, -0.15) is 0 Å². The van der Waals surface area contributed by atoms with Gasteiger partial charge in [0.05, 0.1) is 5.69 Å². The van der Waals surface area contributed by atoms with Crippen molar-refractivity contribution >= 4 is 11.5 Å². The molecule has 0 saturated carbocycles. The van der Waals surface area contributed by atoms with E-state index in [-0.39, 0.29) is 6.04 Å². The summed E-state index contributed by atoms with van der Waals surface area (Å²) in [5.74, 6) is 1.95. The first-order chi connectivity index (χ1) is 10.1. The second-order valence-corrected chi connectivity index (χ2v) is 6.66. The molecular weight excluding hydrogens is 260 g/mol. The fourth-order valence-corrected chi connectivity index (χ4v) is 3.48. The Morgan fingerprint density at radius 1 is 1.38 bits per heavy atom. The lowest BCUT2D eigenvalue weighted by Gasteiger charge is -2.37. The van der Waals surface area contributed by atoms with Crippen molar-refractivity contribution in [2.75, 3.05) is 11.4 Å². The number of piperidine rings is 1. The average molecular weight is 286 g/mol. The van der Waals surface area contributed by atoms with E-state index in [0.29, 0.717) is 6.04 Å². The molecule has 4 heteroatoms. The number of anilines is 1. The van der Waals surface area contributed by atoms with Gasteiger partial charge in [-0.05, 0) is 44.7 Å². The summed E-state index contributed by atoms with van der Waals surface area (Å²) in [4.78, 5) is 7.38. The number of fused-ring (bicyclic) bond motifs is 1. The number of pyridine rings is 1. The van der Waals surface area contributed by atoms with Crippen LogP contribution >= 0.6 is 0 Å². The van der Waals surface area contributed by atoms with Crippen LogP contribution in [0.5, 0.6) is 0 Å². The summed E-state index contributed by atoms with van der Waals surface area (Å²) in [6.07, 6.45) is 5.45. The maximum atomic E-state index is 6.07. The zero-order valence-corrected chi connectivity index (χ0v) is 13.3. The summed E-state index contributed by atoms with van der Waals surface area (Å²) in [7, 11) is 0. The maximum Gasteiger partial charge on any atom is 0.151 e. The molecule has 0 radical (unpaired) electrons.